The van der Waals surface area contributed by atoms with E-state index in [1.54, 1.807) is 0 Å². The van der Waals surface area contributed by atoms with Gasteiger partial charge in [-0.15, -0.1) is 0 Å². The minimum Gasteiger partial charge on any atom is -0.356 e. The molecule has 4 nitrogen and oxygen atoms in total. The molecule has 1 fully saturated rings. The van der Waals surface area contributed by atoms with E-state index < -0.39 is 0 Å². The maximum atomic E-state index is 4.65. The summed E-state index contributed by atoms with van der Waals surface area (Å²) in [6.07, 6.45) is 5.16. The normalized spacial score (nSPS) is 15.4. The van der Waals surface area contributed by atoms with Crippen molar-refractivity contribution < 1.29 is 0 Å². The summed E-state index contributed by atoms with van der Waals surface area (Å²) in [5, 5.41) is 3.43. The van der Waals surface area contributed by atoms with E-state index in [-0.39, 0.29) is 0 Å². The fourth-order valence-corrected chi connectivity index (χ4v) is 3.18. The Kier molecular flexibility index (Phi) is 5.34. The lowest BCUT2D eigenvalue weighted by molar-refractivity contribution is 0.726. The molecule has 1 saturated heterocycles. The van der Waals surface area contributed by atoms with E-state index >= 15 is 0 Å². The summed E-state index contributed by atoms with van der Waals surface area (Å²) in [4.78, 5) is 11.6. The van der Waals surface area contributed by atoms with Crippen LogP contribution in [0.1, 0.15) is 56.8 Å². The first kappa shape index (κ1) is 16.7. The monoisotopic (exact) mass is 324 g/mol. The van der Waals surface area contributed by atoms with E-state index in [2.05, 4.69) is 64.4 Å². The molecule has 1 aliphatic rings. The van der Waals surface area contributed by atoms with Gasteiger partial charge in [0.15, 0.2) is 0 Å². The minimum atomic E-state index is 0.551. The van der Waals surface area contributed by atoms with Crippen molar-refractivity contribution in [1.29, 1.82) is 0 Å². The molecule has 0 aliphatic carbocycles. The number of nitrogens with one attached hydrogen (secondary N) is 1. The Morgan fingerprint density at radius 2 is 1.62 bits per heavy atom. The molecule has 128 valence electrons. The highest BCUT2D eigenvalue weighted by Crippen LogP contribution is 2.23. The van der Waals surface area contributed by atoms with Crippen LogP contribution >= 0.6 is 0 Å². The number of hydrogen-bond acceptors (Lipinski definition) is 4. The molecule has 4 heteroatoms. The minimum absolute atomic E-state index is 0.551. The van der Waals surface area contributed by atoms with Gasteiger partial charge in [0.1, 0.15) is 17.5 Å². The maximum Gasteiger partial charge on any atom is 0.136 e. The Morgan fingerprint density at radius 1 is 0.958 bits per heavy atom. The lowest BCUT2D eigenvalue weighted by Gasteiger charge is -2.22. The molecule has 2 heterocycles. The summed E-state index contributed by atoms with van der Waals surface area (Å²) in [5.74, 6) is 3.29. The topological polar surface area (TPSA) is 41.1 Å². The number of nitrogens with zero attached hydrogens (tertiary/aromatic N) is 3. The molecule has 0 spiro atoms. The quantitative estimate of drug-likeness (QED) is 0.856. The van der Waals surface area contributed by atoms with Crippen LogP contribution in [0.4, 0.5) is 17.3 Å². The summed E-state index contributed by atoms with van der Waals surface area (Å²) in [6.45, 7) is 8.58. The standard InChI is InChI=1S/C20H28N4/c1-15(2)17-8-10-18(11-9-17)23-19-14-20(22-16(3)21-19)24-12-6-4-5-7-13-24/h8-11,14-15H,4-7,12-13H2,1-3H3,(H,21,22,23). The van der Waals surface area contributed by atoms with Gasteiger partial charge in [0.25, 0.3) is 0 Å². The van der Waals surface area contributed by atoms with E-state index in [0.29, 0.717) is 5.92 Å². The number of benzene rings is 1. The molecule has 0 bridgehead atoms. The molecule has 0 atom stereocenters. The van der Waals surface area contributed by atoms with Crippen molar-refractivity contribution in [2.24, 2.45) is 0 Å². The zero-order valence-electron chi connectivity index (χ0n) is 15.0. The Hall–Kier alpha value is -2.10. The second-order valence-electron chi connectivity index (χ2n) is 6.96. The summed E-state index contributed by atoms with van der Waals surface area (Å²) in [5.41, 5.74) is 2.42. The number of hydrogen-bond donors (Lipinski definition) is 1. The van der Waals surface area contributed by atoms with Crippen molar-refractivity contribution >= 4 is 17.3 Å². The van der Waals surface area contributed by atoms with Gasteiger partial charge in [-0.3, -0.25) is 0 Å². The van der Waals surface area contributed by atoms with Crippen molar-refractivity contribution in [1.82, 2.24) is 9.97 Å². The lowest BCUT2D eigenvalue weighted by atomic mass is 10.0. The molecule has 2 aromatic rings. The van der Waals surface area contributed by atoms with Crippen LogP contribution in [0.2, 0.25) is 0 Å². The van der Waals surface area contributed by atoms with Crippen LogP contribution in [-0.2, 0) is 0 Å². The summed E-state index contributed by atoms with van der Waals surface area (Å²) >= 11 is 0. The Bertz CT molecular complexity index is 656. The van der Waals surface area contributed by atoms with Crippen LogP contribution in [0.25, 0.3) is 0 Å². The number of aryl methyl sites for hydroxylation is 1. The first-order valence-electron chi connectivity index (χ1n) is 9.09. The molecule has 0 unspecified atom stereocenters. The van der Waals surface area contributed by atoms with Crippen molar-refractivity contribution in [2.45, 2.75) is 52.4 Å². The number of anilines is 3. The molecule has 1 aliphatic heterocycles. The highest BCUT2D eigenvalue weighted by Gasteiger charge is 2.13. The Labute approximate surface area is 145 Å². The molecule has 0 radical (unpaired) electrons. The summed E-state index contributed by atoms with van der Waals surface area (Å²) < 4.78 is 0. The maximum absolute atomic E-state index is 4.65. The molecule has 1 N–H and O–H groups in total. The second-order valence-corrected chi connectivity index (χ2v) is 6.96. The average Bonchev–Trinajstić information content (AvgIpc) is 2.84. The van der Waals surface area contributed by atoms with Gasteiger partial charge in [-0.1, -0.05) is 38.8 Å². The molecule has 1 aromatic carbocycles. The van der Waals surface area contributed by atoms with E-state index in [9.17, 15) is 0 Å². The summed E-state index contributed by atoms with van der Waals surface area (Å²) in [7, 11) is 0. The molecular weight excluding hydrogens is 296 g/mol. The SMILES string of the molecule is Cc1nc(Nc2ccc(C(C)C)cc2)cc(N2CCCCCC2)n1. The molecule has 0 amide bonds. The number of aromatic nitrogens is 2. The average molecular weight is 324 g/mol. The van der Waals surface area contributed by atoms with Crippen LogP contribution in [0.5, 0.6) is 0 Å². The van der Waals surface area contributed by atoms with Gasteiger partial charge in [0, 0.05) is 24.8 Å². The van der Waals surface area contributed by atoms with Gasteiger partial charge < -0.3 is 10.2 Å². The van der Waals surface area contributed by atoms with Gasteiger partial charge in [-0.25, -0.2) is 9.97 Å². The van der Waals surface area contributed by atoms with E-state index in [0.717, 1.165) is 36.2 Å². The molecule has 1 aromatic heterocycles. The molecule has 0 saturated carbocycles. The van der Waals surface area contributed by atoms with Crippen LogP contribution in [0.15, 0.2) is 30.3 Å². The predicted molar refractivity (Wildman–Crippen MR) is 101 cm³/mol. The predicted octanol–water partition coefficient (Wildman–Crippen LogP) is 5.03. The first-order valence-corrected chi connectivity index (χ1v) is 9.09. The van der Waals surface area contributed by atoms with Gasteiger partial charge in [0.2, 0.25) is 0 Å². The zero-order chi connectivity index (χ0) is 16.9. The van der Waals surface area contributed by atoms with Crippen molar-refractivity contribution in [3.05, 3.63) is 41.7 Å². The fourth-order valence-electron chi connectivity index (χ4n) is 3.18. The number of rotatable bonds is 4. The fraction of sp³-hybridized carbons (Fsp3) is 0.500. The van der Waals surface area contributed by atoms with Gasteiger partial charge >= 0.3 is 0 Å². The third kappa shape index (κ3) is 4.25. The van der Waals surface area contributed by atoms with E-state index in [4.69, 9.17) is 0 Å². The molecule has 24 heavy (non-hydrogen) atoms. The van der Waals surface area contributed by atoms with Gasteiger partial charge in [0.05, 0.1) is 0 Å². The smallest absolute Gasteiger partial charge is 0.136 e. The lowest BCUT2D eigenvalue weighted by Crippen LogP contribution is -2.25. The van der Waals surface area contributed by atoms with Crippen LogP contribution in [0, 0.1) is 6.92 Å². The Balaban J connectivity index is 1.77. The van der Waals surface area contributed by atoms with Gasteiger partial charge in [-0.05, 0) is 43.4 Å². The third-order valence-electron chi connectivity index (χ3n) is 4.60. The second kappa shape index (κ2) is 7.65. The van der Waals surface area contributed by atoms with E-state index in [1.165, 1.54) is 31.2 Å². The van der Waals surface area contributed by atoms with Crippen molar-refractivity contribution in [3.63, 3.8) is 0 Å². The van der Waals surface area contributed by atoms with Crippen LogP contribution in [-0.4, -0.2) is 23.1 Å². The summed E-state index contributed by atoms with van der Waals surface area (Å²) in [6, 6.07) is 10.7. The van der Waals surface area contributed by atoms with Crippen LogP contribution in [0.3, 0.4) is 0 Å². The zero-order valence-corrected chi connectivity index (χ0v) is 15.0. The molecule has 3 rings (SSSR count). The molecular formula is C20H28N4. The van der Waals surface area contributed by atoms with Crippen LogP contribution < -0.4 is 10.2 Å². The van der Waals surface area contributed by atoms with Gasteiger partial charge in [-0.2, -0.15) is 0 Å². The third-order valence-corrected chi connectivity index (χ3v) is 4.60. The van der Waals surface area contributed by atoms with E-state index in [1.807, 2.05) is 6.92 Å². The van der Waals surface area contributed by atoms with Crippen molar-refractivity contribution in [3.8, 4) is 0 Å². The first-order chi connectivity index (χ1) is 11.6. The highest BCUT2D eigenvalue weighted by molar-refractivity contribution is 5.60. The highest BCUT2D eigenvalue weighted by atomic mass is 15.2. The van der Waals surface area contributed by atoms with Crippen molar-refractivity contribution in [2.75, 3.05) is 23.3 Å². The largest absolute Gasteiger partial charge is 0.356 e. The Morgan fingerprint density at radius 3 is 2.25 bits per heavy atom.